The lowest BCUT2D eigenvalue weighted by molar-refractivity contribution is 0.0514. The number of nitrogens with one attached hydrogen (secondary N) is 1. The number of benzene rings is 1. The molecule has 0 saturated heterocycles. The van der Waals surface area contributed by atoms with Gasteiger partial charge in [-0.1, -0.05) is 5.16 Å². The van der Waals surface area contributed by atoms with Crippen molar-refractivity contribution in [2.24, 2.45) is 0 Å². The van der Waals surface area contributed by atoms with E-state index in [0.717, 1.165) is 11.3 Å². The molecule has 3 rings (SSSR count). The molecule has 0 radical (unpaired) electrons. The SMILES string of the molecule is CCOC(=O)c1cc(-c2ccc(S(=O)(=O)Nc3ccc(OCC)cc3)s2)on1. The third-order valence-electron chi connectivity index (χ3n) is 3.50. The highest BCUT2D eigenvalue weighted by Crippen LogP contribution is 2.32. The van der Waals surface area contributed by atoms with Gasteiger partial charge in [-0.2, -0.15) is 0 Å². The first-order chi connectivity index (χ1) is 13.4. The normalized spacial score (nSPS) is 11.2. The minimum Gasteiger partial charge on any atom is -0.494 e. The lowest BCUT2D eigenvalue weighted by Crippen LogP contribution is -2.11. The maximum atomic E-state index is 12.6. The van der Waals surface area contributed by atoms with Crippen molar-refractivity contribution in [3.05, 3.63) is 48.2 Å². The van der Waals surface area contributed by atoms with Crippen LogP contribution in [0.15, 0.2) is 51.2 Å². The summed E-state index contributed by atoms with van der Waals surface area (Å²) in [5, 5.41) is 3.65. The van der Waals surface area contributed by atoms with Crippen LogP contribution in [0.1, 0.15) is 24.3 Å². The fourth-order valence-corrected chi connectivity index (χ4v) is 4.59. The number of aromatic nitrogens is 1. The molecule has 0 amide bonds. The fraction of sp³-hybridized carbons (Fsp3) is 0.222. The Labute approximate surface area is 166 Å². The van der Waals surface area contributed by atoms with Gasteiger partial charge in [0.15, 0.2) is 11.5 Å². The summed E-state index contributed by atoms with van der Waals surface area (Å²) in [6.07, 6.45) is 0. The van der Waals surface area contributed by atoms with Crippen LogP contribution in [0.2, 0.25) is 0 Å². The van der Waals surface area contributed by atoms with Crippen LogP contribution in [0.25, 0.3) is 10.6 Å². The number of carbonyl (C=O) groups is 1. The molecule has 0 atom stereocenters. The Morgan fingerprint density at radius 2 is 1.89 bits per heavy atom. The Morgan fingerprint density at radius 3 is 2.57 bits per heavy atom. The number of nitrogens with zero attached hydrogens (tertiary/aromatic N) is 1. The quantitative estimate of drug-likeness (QED) is 0.550. The maximum absolute atomic E-state index is 12.6. The van der Waals surface area contributed by atoms with Crippen LogP contribution in [0.3, 0.4) is 0 Å². The molecule has 2 heterocycles. The molecule has 0 aliphatic carbocycles. The molecule has 10 heteroatoms. The number of carbonyl (C=O) groups excluding carboxylic acids is 1. The molecule has 28 heavy (non-hydrogen) atoms. The van der Waals surface area contributed by atoms with Gasteiger partial charge in [0.1, 0.15) is 9.96 Å². The van der Waals surface area contributed by atoms with Crippen LogP contribution in [0.5, 0.6) is 5.75 Å². The summed E-state index contributed by atoms with van der Waals surface area (Å²) in [7, 11) is -3.77. The fourth-order valence-electron chi connectivity index (χ4n) is 2.28. The van der Waals surface area contributed by atoms with E-state index in [1.54, 1.807) is 37.3 Å². The summed E-state index contributed by atoms with van der Waals surface area (Å²) in [6, 6.07) is 11.1. The number of hydrogen-bond donors (Lipinski definition) is 1. The molecule has 3 aromatic rings. The zero-order valence-electron chi connectivity index (χ0n) is 15.2. The Balaban J connectivity index is 1.76. The predicted molar refractivity (Wildman–Crippen MR) is 104 cm³/mol. The molecular formula is C18H18N2O6S2. The highest BCUT2D eigenvalue weighted by Gasteiger charge is 2.20. The van der Waals surface area contributed by atoms with Gasteiger partial charge in [-0.15, -0.1) is 11.3 Å². The van der Waals surface area contributed by atoms with Crippen LogP contribution in [0.4, 0.5) is 5.69 Å². The third-order valence-corrected chi connectivity index (χ3v) is 6.47. The van der Waals surface area contributed by atoms with Crippen LogP contribution in [-0.4, -0.2) is 32.8 Å². The first kappa shape index (κ1) is 19.9. The first-order valence-corrected chi connectivity index (χ1v) is 10.7. The highest BCUT2D eigenvalue weighted by molar-refractivity contribution is 7.94. The second-order valence-corrected chi connectivity index (χ2v) is 8.47. The van der Waals surface area contributed by atoms with E-state index in [1.807, 2.05) is 6.92 Å². The van der Waals surface area contributed by atoms with Crippen molar-refractivity contribution in [3.63, 3.8) is 0 Å². The molecule has 8 nitrogen and oxygen atoms in total. The van der Waals surface area contributed by atoms with E-state index in [4.69, 9.17) is 14.0 Å². The molecule has 1 N–H and O–H groups in total. The van der Waals surface area contributed by atoms with Crippen molar-refractivity contribution in [3.8, 4) is 16.4 Å². The van der Waals surface area contributed by atoms with Gasteiger partial charge < -0.3 is 14.0 Å². The van der Waals surface area contributed by atoms with Crippen molar-refractivity contribution in [1.29, 1.82) is 0 Å². The molecule has 2 aromatic heterocycles. The lowest BCUT2D eigenvalue weighted by atomic mass is 10.3. The summed E-state index contributed by atoms with van der Waals surface area (Å²) >= 11 is 1.00. The molecular weight excluding hydrogens is 404 g/mol. The van der Waals surface area contributed by atoms with Gasteiger partial charge in [0.2, 0.25) is 0 Å². The number of hydrogen-bond acceptors (Lipinski definition) is 8. The van der Waals surface area contributed by atoms with Crippen LogP contribution < -0.4 is 9.46 Å². The topological polar surface area (TPSA) is 108 Å². The summed E-state index contributed by atoms with van der Waals surface area (Å²) in [4.78, 5) is 12.2. The molecule has 0 aliphatic rings. The number of rotatable bonds is 8. The van der Waals surface area contributed by atoms with Gasteiger partial charge in [0.05, 0.1) is 18.1 Å². The number of thiophene rings is 1. The molecule has 0 spiro atoms. The van der Waals surface area contributed by atoms with E-state index in [9.17, 15) is 13.2 Å². The van der Waals surface area contributed by atoms with Gasteiger partial charge in [0, 0.05) is 11.8 Å². The van der Waals surface area contributed by atoms with E-state index in [0.29, 0.717) is 22.9 Å². The number of ether oxygens (including phenoxy) is 2. The Morgan fingerprint density at radius 1 is 1.14 bits per heavy atom. The minimum absolute atomic E-state index is 0.0298. The van der Waals surface area contributed by atoms with E-state index in [1.165, 1.54) is 12.1 Å². The largest absolute Gasteiger partial charge is 0.494 e. The standard InChI is InChI=1S/C18H18N2O6S2/c1-3-24-13-7-5-12(6-8-13)20-28(22,23)17-10-9-16(27-17)15-11-14(19-26-15)18(21)25-4-2/h5-11,20H,3-4H2,1-2H3. The Bertz CT molecular complexity index is 1050. The summed E-state index contributed by atoms with van der Waals surface area (Å²) in [6.45, 7) is 4.31. The van der Waals surface area contributed by atoms with E-state index >= 15 is 0 Å². The van der Waals surface area contributed by atoms with E-state index < -0.39 is 16.0 Å². The Hall–Kier alpha value is -2.85. The molecule has 1 aromatic carbocycles. The maximum Gasteiger partial charge on any atom is 0.360 e. The van der Waals surface area contributed by atoms with E-state index in [-0.39, 0.29) is 22.3 Å². The second kappa shape index (κ2) is 8.44. The van der Waals surface area contributed by atoms with Gasteiger partial charge in [0.25, 0.3) is 10.0 Å². The van der Waals surface area contributed by atoms with Crippen molar-refractivity contribution in [1.82, 2.24) is 5.16 Å². The lowest BCUT2D eigenvalue weighted by Gasteiger charge is -2.07. The molecule has 0 fully saturated rings. The number of esters is 1. The average Bonchev–Trinajstić information content (AvgIpc) is 3.33. The van der Waals surface area contributed by atoms with Gasteiger partial charge in [-0.3, -0.25) is 4.72 Å². The van der Waals surface area contributed by atoms with Crippen molar-refractivity contribution < 1.29 is 27.2 Å². The molecule has 0 aliphatic heterocycles. The molecule has 0 bridgehead atoms. The molecule has 0 unspecified atom stereocenters. The summed E-state index contributed by atoms with van der Waals surface area (Å²) < 4.78 is 43.1. The second-order valence-electron chi connectivity index (χ2n) is 5.48. The first-order valence-electron chi connectivity index (χ1n) is 8.42. The van der Waals surface area contributed by atoms with Crippen molar-refractivity contribution >= 4 is 33.0 Å². The Kier molecular flexibility index (Phi) is 6.00. The number of sulfonamides is 1. The highest BCUT2D eigenvalue weighted by atomic mass is 32.2. The molecule has 148 valence electrons. The van der Waals surface area contributed by atoms with E-state index in [2.05, 4.69) is 9.88 Å². The number of anilines is 1. The summed E-state index contributed by atoms with van der Waals surface area (Å²) in [5.41, 5.74) is 0.449. The predicted octanol–water partition coefficient (Wildman–Crippen LogP) is 3.78. The third kappa shape index (κ3) is 4.52. The smallest absolute Gasteiger partial charge is 0.360 e. The molecule has 0 saturated carbocycles. The van der Waals surface area contributed by atoms with Crippen LogP contribution in [0, 0.1) is 0 Å². The van der Waals surface area contributed by atoms with Crippen molar-refractivity contribution in [2.45, 2.75) is 18.1 Å². The van der Waals surface area contributed by atoms with Crippen LogP contribution >= 0.6 is 11.3 Å². The van der Waals surface area contributed by atoms with Crippen LogP contribution in [-0.2, 0) is 14.8 Å². The van der Waals surface area contributed by atoms with Gasteiger partial charge in [-0.05, 0) is 50.2 Å². The van der Waals surface area contributed by atoms with Gasteiger partial charge >= 0.3 is 5.97 Å². The monoisotopic (exact) mass is 422 g/mol. The summed E-state index contributed by atoms with van der Waals surface area (Å²) in [5.74, 6) is 0.348. The zero-order chi connectivity index (χ0) is 20.1. The van der Waals surface area contributed by atoms with Gasteiger partial charge in [-0.25, -0.2) is 13.2 Å². The average molecular weight is 422 g/mol. The zero-order valence-corrected chi connectivity index (χ0v) is 16.8. The minimum atomic E-state index is -3.77. The van der Waals surface area contributed by atoms with Crippen molar-refractivity contribution in [2.75, 3.05) is 17.9 Å².